The minimum absolute atomic E-state index is 0.0318. The van der Waals surface area contributed by atoms with Crippen molar-refractivity contribution in [3.8, 4) is 5.75 Å². The largest absolute Gasteiger partial charge is 0.506 e. The number of rotatable bonds is 9. The topological polar surface area (TPSA) is 161 Å². The van der Waals surface area contributed by atoms with Gasteiger partial charge in [-0.3, -0.25) is 19.8 Å². The lowest BCUT2D eigenvalue weighted by atomic mass is 9.73. The van der Waals surface area contributed by atoms with Gasteiger partial charge in [-0.25, -0.2) is 10.3 Å². The number of aryl methyl sites for hydroxylation is 1. The van der Waals surface area contributed by atoms with Crippen molar-refractivity contribution in [3.63, 3.8) is 0 Å². The summed E-state index contributed by atoms with van der Waals surface area (Å²) < 4.78 is 0. The van der Waals surface area contributed by atoms with Gasteiger partial charge in [0.25, 0.3) is 0 Å². The standard InChI is InChI=1S/C23H30N4O6/c1-23(2,3)19(17-12-11-16(28)13-24-17)20(26-22(31)32)21(30)25-15-9-7-14(8-10-15)5-4-6-18(29)27-33/h7-13,19-20,26,28,33H,4-6H2,1-3H3,(H,25,30)(H,27,29)(H,31,32). The van der Waals surface area contributed by atoms with Gasteiger partial charge in [0.2, 0.25) is 11.8 Å². The lowest BCUT2D eigenvalue weighted by molar-refractivity contribution is -0.129. The number of anilines is 1. The van der Waals surface area contributed by atoms with E-state index in [4.69, 9.17) is 5.21 Å². The molecule has 0 aliphatic heterocycles. The number of amides is 3. The van der Waals surface area contributed by atoms with E-state index in [0.717, 1.165) is 5.56 Å². The van der Waals surface area contributed by atoms with E-state index in [9.17, 15) is 24.6 Å². The molecule has 0 aliphatic carbocycles. The van der Waals surface area contributed by atoms with Gasteiger partial charge in [-0.1, -0.05) is 32.9 Å². The molecule has 2 unspecified atom stereocenters. The predicted molar refractivity (Wildman–Crippen MR) is 121 cm³/mol. The summed E-state index contributed by atoms with van der Waals surface area (Å²) in [6.07, 6.45) is 1.27. The third-order valence-electron chi connectivity index (χ3n) is 5.13. The Bertz CT molecular complexity index is 954. The van der Waals surface area contributed by atoms with E-state index in [1.807, 2.05) is 20.8 Å². The maximum atomic E-state index is 13.2. The summed E-state index contributed by atoms with van der Waals surface area (Å²) in [5, 5.41) is 32.5. The lowest BCUT2D eigenvalue weighted by Gasteiger charge is -2.35. The van der Waals surface area contributed by atoms with Gasteiger partial charge in [-0.2, -0.15) is 0 Å². The second kappa shape index (κ2) is 11.3. The van der Waals surface area contributed by atoms with E-state index in [0.29, 0.717) is 24.2 Å². The molecule has 3 amide bonds. The van der Waals surface area contributed by atoms with Crippen LogP contribution in [0.15, 0.2) is 42.6 Å². The Labute approximate surface area is 192 Å². The van der Waals surface area contributed by atoms with Crippen molar-refractivity contribution in [2.24, 2.45) is 5.41 Å². The van der Waals surface area contributed by atoms with Gasteiger partial charge in [0.15, 0.2) is 0 Å². The number of pyridine rings is 1. The van der Waals surface area contributed by atoms with Gasteiger partial charge in [-0.15, -0.1) is 0 Å². The number of carbonyl (C=O) groups is 3. The molecular formula is C23H30N4O6. The van der Waals surface area contributed by atoms with Crippen LogP contribution in [0.1, 0.15) is 50.8 Å². The predicted octanol–water partition coefficient (Wildman–Crippen LogP) is 3.02. The van der Waals surface area contributed by atoms with Crippen LogP contribution in [0.25, 0.3) is 0 Å². The number of hydrogen-bond donors (Lipinski definition) is 6. The summed E-state index contributed by atoms with van der Waals surface area (Å²) in [6, 6.07) is 8.87. The van der Waals surface area contributed by atoms with Gasteiger partial charge < -0.3 is 20.8 Å². The average molecular weight is 459 g/mol. The van der Waals surface area contributed by atoms with Crippen LogP contribution in [0.5, 0.6) is 5.75 Å². The number of benzene rings is 1. The molecule has 2 aromatic rings. The Balaban J connectivity index is 2.20. The van der Waals surface area contributed by atoms with E-state index >= 15 is 0 Å². The zero-order valence-corrected chi connectivity index (χ0v) is 18.8. The Hall–Kier alpha value is -3.66. The van der Waals surface area contributed by atoms with Crippen LogP contribution in [0.2, 0.25) is 0 Å². The van der Waals surface area contributed by atoms with E-state index in [2.05, 4.69) is 15.6 Å². The molecule has 6 N–H and O–H groups in total. The molecule has 2 rings (SSSR count). The summed E-state index contributed by atoms with van der Waals surface area (Å²) in [4.78, 5) is 40.0. The highest BCUT2D eigenvalue weighted by atomic mass is 16.5. The number of nitrogens with one attached hydrogen (secondary N) is 3. The van der Waals surface area contributed by atoms with E-state index in [-0.39, 0.29) is 12.2 Å². The van der Waals surface area contributed by atoms with Crippen molar-refractivity contribution in [2.45, 2.75) is 52.0 Å². The first-order valence-corrected chi connectivity index (χ1v) is 10.5. The molecule has 0 fully saturated rings. The van der Waals surface area contributed by atoms with Gasteiger partial charge in [0.1, 0.15) is 11.8 Å². The Kier molecular flexibility index (Phi) is 8.75. The van der Waals surface area contributed by atoms with Gasteiger partial charge in [-0.05, 0) is 48.1 Å². The summed E-state index contributed by atoms with van der Waals surface area (Å²) in [5.41, 5.74) is 2.95. The monoisotopic (exact) mass is 458 g/mol. The van der Waals surface area contributed by atoms with Crippen molar-refractivity contribution in [1.29, 1.82) is 0 Å². The maximum absolute atomic E-state index is 13.2. The zero-order chi connectivity index (χ0) is 24.6. The van der Waals surface area contributed by atoms with E-state index in [1.54, 1.807) is 35.8 Å². The van der Waals surface area contributed by atoms with E-state index in [1.165, 1.54) is 12.3 Å². The quantitative estimate of drug-likeness (QED) is 0.249. The number of aromatic hydroxyl groups is 1. The molecule has 0 bridgehead atoms. The van der Waals surface area contributed by atoms with Crippen LogP contribution < -0.4 is 16.1 Å². The molecule has 1 aromatic carbocycles. The molecule has 0 saturated carbocycles. The van der Waals surface area contributed by atoms with Crippen LogP contribution >= 0.6 is 0 Å². The Morgan fingerprint density at radius 2 is 1.73 bits per heavy atom. The van der Waals surface area contributed by atoms with Crippen LogP contribution in [0.3, 0.4) is 0 Å². The first-order chi connectivity index (χ1) is 15.5. The van der Waals surface area contributed by atoms with Crippen molar-refractivity contribution >= 4 is 23.6 Å². The number of hydrogen-bond acceptors (Lipinski definition) is 6. The third-order valence-corrected chi connectivity index (χ3v) is 5.13. The highest BCUT2D eigenvalue weighted by Gasteiger charge is 2.40. The molecule has 0 radical (unpaired) electrons. The summed E-state index contributed by atoms with van der Waals surface area (Å²) in [5.74, 6) is -1.64. The molecule has 10 heteroatoms. The van der Waals surface area contributed by atoms with Crippen molar-refractivity contribution in [1.82, 2.24) is 15.8 Å². The van der Waals surface area contributed by atoms with Crippen molar-refractivity contribution in [3.05, 3.63) is 53.9 Å². The second-order valence-electron chi connectivity index (χ2n) is 8.79. The number of carboxylic acid groups (broad SMARTS) is 1. The lowest BCUT2D eigenvalue weighted by Crippen LogP contribution is -2.50. The SMILES string of the molecule is CC(C)(C)C(c1ccc(O)cn1)C(NC(=O)O)C(=O)Nc1ccc(CCCC(=O)NO)cc1. The first-order valence-electron chi connectivity index (χ1n) is 10.5. The fourth-order valence-corrected chi connectivity index (χ4v) is 3.61. The van der Waals surface area contributed by atoms with Crippen molar-refractivity contribution in [2.75, 3.05) is 5.32 Å². The van der Waals surface area contributed by atoms with Gasteiger partial charge >= 0.3 is 6.09 Å². The molecule has 178 valence electrons. The molecule has 2 atom stereocenters. The second-order valence-corrected chi connectivity index (χ2v) is 8.79. The molecule has 33 heavy (non-hydrogen) atoms. The minimum Gasteiger partial charge on any atom is -0.506 e. The highest BCUT2D eigenvalue weighted by Crippen LogP contribution is 2.37. The maximum Gasteiger partial charge on any atom is 0.405 e. The number of nitrogens with zero attached hydrogens (tertiary/aromatic N) is 1. The highest BCUT2D eigenvalue weighted by molar-refractivity contribution is 5.97. The number of aromatic nitrogens is 1. The van der Waals surface area contributed by atoms with Gasteiger partial charge in [0, 0.05) is 23.7 Å². The fourth-order valence-electron chi connectivity index (χ4n) is 3.61. The molecule has 1 heterocycles. The smallest absolute Gasteiger partial charge is 0.405 e. The summed E-state index contributed by atoms with van der Waals surface area (Å²) in [6.45, 7) is 5.63. The molecule has 0 saturated heterocycles. The first kappa shape index (κ1) is 25.6. The van der Waals surface area contributed by atoms with Crippen LogP contribution in [0, 0.1) is 5.41 Å². The van der Waals surface area contributed by atoms with Crippen LogP contribution in [-0.4, -0.2) is 44.4 Å². The third kappa shape index (κ3) is 7.76. The Morgan fingerprint density at radius 3 is 2.24 bits per heavy atom. The molecule has 0 aliphatic rings. The fraction of sp³-hybridized carbons (Fsp3) is 0.391. The molecule has 0 spiro atoms. The number of hydroxylamine groups is 1. The molecule has 10 nitrogen and oxygen atoms in total. The van der Waals surface area contributed by atoms with Crippen molar-refractivity contribution < 1.29 is 29.8 Å². The normalized spacial score (nSPS) is 13.0. The summed E-state index contributed by atoms with van der Waals surface area (Å²) >= 11 is 0. The number of carbonyl (C=O) groups excluding carboxylic acids is 2. The summed E-state index contributed by atoms with van der Waals surface area (Å²) in [7, 11) is 0. The van der Waals surface area contributed by atoms with E-state index < -0.39 is 35.3 Å². The zero-order valence-electron chi connectivity index (χ0n) is 18.8. The van der Waals surface area contributed by atoms with Crippen LogP contribution in [0.4, 0.5) is 10.5 Å². The minimum atomic E-state index is -1.34. The van der Waals surface area contributed by atoms with Crippen LogP contribution in [-0.2, 0) is 16.0 Å². The Morgan fingerprint density at radius 1 is 1.06 bits per heavy atom. The molecule has 1 aromatic heterocycles. The molecular weight excluding hydrogens is 428 g/mol. The average Bonchev–Trinajstić information content (AvgIpc) is 2.74. The van der Waals surface area contributed by atoms with Gasteiger partial charge in [0.05, 0.1) is 6.20 Å².